The van der Waals surface area contributed by atoms with Crippen LogP contribution in [0.5, 0.6) is 0 Å². The summed E-state index contributed by atoms with van der Waals surface area (Å²) >= 11 is 0. The molecule has 3 rings (SSSR count). The van der Waals surface area contributed by atoms with Gasteiger partial charge in [-0.25, -0.2) is 0 Å². The Morgan fingerprint density at radius 2 is 2.14 bits per heavy atom. The monoisotopic (exact) mass is 284 g/mol. The Hall–Kier alpha value is -2.14. The Bertz CT molecular complexity index is 608. The quantitative estimate of drug-likeness (QED) is 0.925. The number of nitrogens with two attached hydrogens (primary N) is 1. The summed E-state index contributed by atoms with van der Waals surface area (Å²) in [7, 11) is 0. The van der Waals surface area contributed by atoms with E-state index in [4.69, 9.17) is 5.73 Å². The van der Waals surface area contributed by atoms with Crippen LogP contribution in [0.4, 0.5) is 0 Å². The minimum Gasteiger partial charge on any atom is -0.334 e. The summed E-state index contributed by atoms with van der Waals surface area (Å²) < 4.78 is 1.80. The summed E-state index contributed by atoms with van der Waals surface area (Å²) in [6, 6.07) is 10.3. The van der Waals surface area contributed by atoms with E-state index < -0.39 is 0 Å². The van der Waals surface area contributed by atoms with Gasteiger partial charge in [0.1, 0.15) is 0 Å². The van der Waals surface area contributed by atoms with E-state index in [1.807, 2.05) is 41.4 Å². The van der Waals surface area contributed by atoms with Crippen LogP contribution in [0.25, 0.3) is 0 Å². The summed E-state index contributed by atoms with van der Waals surface area (Å²) in [5.41, 5.74) is 7.54. The topological polar surface area (TPSA) is 64.2 Å². The number of carbonyl (C=O) groups excluding carboxylic acids is 1. The minimum atomic E-state index is 0.0438. The standard InChI is InChI=1S/C16H20N4O/c17-9-15-7-4-8-20(15)16(21)14-10-18-19(12-14)11-13-5-2-1-3-6-13/h1-3,5-6,10,12,15H,4,7-9,11,17H2. The maximum absolute atomic E-state index is 12.5. The van der Waals surface area contributed by atoms with Crippen molar-refractivity contribution in [1.82, 2.24) is 14.7 Å². The number of nitrogens with zero attached hydrogens (tertiary/aromatic N) is 3. The van der Waals surface area contributed by atoms with E-state index in [9.17, 15) is 4.79 Å². The molecule has 5 nitrogen and oxygen atoms in total. The van der Waals surface area contributed by atoms with Crippen molar-refractivity contribution in [2.75, 3.05) is 13.1 Å². The third-order valence-corrected chi connectivity index (χ3v) is 3.98. The van der Waals surface area contributed by atoms with Crippen molar-refractivity contribution in [2.45, 2.75) is 25.4 Å². The largest absolute Gasteiger partial charge is 0.334 e. The van der Waals surface area contributed by atoms with Gasteiger partial charge in [-0.2, -0.15) is 5.10 Å². The first-order valence-electron chi connectivity index (χ1n) is 7.35. The summed E-state index contributed by atoms with van der Waals surface area (Å²) in [5.74, 6) is 0.0438. The molecule has 0 saturated carbocycles. The summed E-state index contributed by atoms with van der Waals surface area (Å²) in [5, 5.41) is 4.29. The zero-order valence-corrected chi connectivity index (χ0v) is 12.0. The van der Waals surface area contributed by atoms with Gasteiger partial charge < -0.3 is 10.6 Å². The average molecular weight is 284 g/mol. The molecule has 1 unspecified atom stereocenters. The number of hydrogen-bond acceptors (Lipinski definition) is 3. The van der Waals surface area contributed by atoms with Gasteiger partial charge in [0.25, 0.3) is 5.91 Å². The second kappa shape index (κ2) is 6.10. The van der Waals surface area contributed by atoms with E-state index in [1.54, 1.807) is 10.9 Å². The lowest BCUT2D eigenvalue weighted by Crippen LogP contribution is -2.39. The minimum absolute atomic E-state index is 0.0438. The molecule has 1 fully saturated rings. The van der Waals surface area contributed by atoms with Gasteiger partial charge in [0.2, 0.25) is 0 Å². The highest BCUT2D eigenvalue weighted by Crippen LogP contribution is 2.19. The Morgan fingerprint density at radius 1 is 1.33 bits per heavy atom. The van der Waals surface area contributed by atoms with E-state index >= 15 is 0 Å². The van der Waals surface area contributed by atoms with Gasteiger partial charge in [-0.05, 0) is 18.4 Å². The fraction of sp³-hybridized carbons (Fsp3) is 0.375. The lowest BCUT2D eigenvalue weighted by molar-refractivity contribution is 0.0741. The molecule has 1 aromatic carbocycles. The van der Waals surface area contributed by atoms with Crippen LogP contribution in [0.3, 0.4) is 0 Å². The molecule has 0 bridgehead atoms. The van der Waals surface area contributed by atoms with E-state index in [0.29, 0.717) is 18.7 Å². The summed E-state index contributed by atoms with van der Waals surface area (Å²) in [6.07, 6.45) is 5.50. The van der Waals surface area contributed by atoms with E-state index in [-0.39, 0.29) is 11.9 Å². The predicted molar refractivity (Wildman–Crippen MR) is 80.9 cm³/mol. The SMILES string of the molecule is NCC1CCCN1C(=O)c1cnn(Cc2ccccc2)c1. The van der Waals surface area contributed by atoms with Crippen LogP contribution in [0.15, 0.2) is 42.7 Å². The second-order valence-corrected chi connectivity index (χ2v) is 5.44. The van der Waals surface area contributed by atoms with Crippen molar-refractivity contribution in [2.24, 2.45) is 5.73 Å². The van der Waals surface area contributed by atoms with Gasteiger partial charge >= 0.3 is 0 Å². The zero-order valence-electron chi connectivity index (χ0n) is 12.0. The van der Waals surface area contributed by atoms with Crippen molar-refractivity contribution >= 4 is 5.91 Å². The Morgan fingerprint density at radius 3 is 2.90 bits per heavy atom. The van der Waals surface area contributed by atoms with Gasteiger partial charge in [-0.1, -0.05) is 30.3 Å². The molecule has 0 spiro atoms. The average Bonchev–Trinajstić information content (AvgIpc) is 3.16. The van der Waals surface area contributed by atoms with Crippen molar-refractivity contribution in [3.63, 3.8) is 0 Å². The molecular weight excluding hydrogens is 264 g/mol. The van der Waals surface area contributed by atoms with Gasteiger partial charge in [-0.15, -0.1) is 0 Å². The molecule has 0 aliphatic carbocycles. The second-order valence-electron chi connectivity index (χ2n) is 5.44. The molecule has 0 radical (unpaired) electrons. The maximum Gasteiger partial charge on any atom is 0.257 e. The number of aromatic nitrogens is 2. The first kappa shape index (κ1) is 13.8. The molecule has 1 atom stereocenters. The fourth-order valence-corrected chi connectivity index (χ4v) is 2.84. The molecule has 1 aromatic heterocycles. The van der Waals surface area contributed by atoms with Crippen LogP contribution in [0.2, 0.25) is 0 Å². The molecule has 2 heterocycles. The molecule has 1 saturated heterocycles. The lowest BCUT2D eigenvalue weighted by atomic mass is 10.2. The Labute approximate surface area is 124 Å². The molecule has 2 N–H and O–H groups in total. The molecule has 110 valence electrons. The van der Waals surface area contributed by atoms with Crippen molar-refractivity contribution in [1.29, 1.82) is 0 Å². The number of amides is 1. The van der Waals surface area contributed by atoms with Crippen LogP contribution < -0.4 is 5.73 Å². The van der Waals surface area contributed by atoms with E-state index in [0.717, 1.165) is 19.4 Å². The first-order chi connectivity index (χ1) is 10.3. The predicted octanol–water partition coefficient (Wildman–Crippen LogP) is 1.49. The van der Waals surface area contributed by atoms with E-state index in [1.165, 1.54) is 5.56 Å². The van der Waals surface area contributed by atoms with Crippen molar-refractivity contribution in [3.05, 3.63) is 53.9 Å². The Kier molecular flexibility index (Phi) is 4.01. The molecule has 5 heteroatoms. The third-order valence-electron chi connectivity index (χ3n) is 3.98. The smallest absolute Gasteiger partial charge is 0.257 e. The molecule has 1 aliphatic rings. The van der Waals surface area contributed by atoms with Gasteiger partial charge in [0, 0.05) is 25.3 Å². The summed E-state index contributed by atoms with van der Waals surface area (Å²) in [4.78, 5) is 14.4. The first-order valence-corrected chi connectivity index (χ1v) is 7.35. The molecule has 2 aromatic rings. The van der Waals surface area contributed by atoms with Crippen LogP contribution in [0, 0.1) is 0 Å². The van der Waals surface area contributed by atoms with Gasteiger partial charge in [-0.3, -0.25) is 9.48 Å². The maximum atomic E-state index is 12.5. The summed E-state index contributed by atoms with van der Waals surface area (Å²) in [6.45, 7) is 2.00. The van der Waals surface area contributed by atoms with Gasteiger partial charge in [0.15, 0.2) is 0 Å². The zero-order chi connectivity index (χ0) is 14.7. The number of carbonyl (C=O) groups is 1. The number of rotatable bonds is 4. The highest BCUT2D eigenvalue weighted by molar-refractivity contribution is 5.94. The van der Waals surface area contributed by atoms with Crippen molar-refractivity contribution in [3.8, 4) is 0 Å². The highest BCUT2D eigenvalue weighted by Gasteiger charge is 2.28. The number of benzene rings is 1. The Balaban J connectivity index is 1.71. The molecule has 1 aliphatic heterocycles. The fourth-order valence-electron chi connectivity index (χ4n) is 2.84. The third kappa shape index (κ3) is 2.97. The van der Waals surface area contributed by atoms with Crippen LogP contribution >= 0.6 is 0 Å². The van der Waals surface area contributed by atoms with E-state index in [2.05, 4.69) is 5.10 Å². The highest BCUT2D eigenvalue weighted by atomic mass is 16.2. The number of hydrogen-bond donors (Lipinski definition) is 1. The van der Waals surface area contributed by atoms with Crippen LogP contribution in [-0.4, -0.2) is 39.7 Å². The number of likely N-dealkylation sites (tertiary alicyclic amines) is 1. The molecule has 21 heavy (non-hydrogen) atoms. The lowest BCUT2D eigenvalue weighted by Gasteiger charge is -2.22. The molecule has 1 amide bonds. The van der Waals surface area contributed by atoms with Crippen molar-refractivity contribution < 1.29 is 4.79 Å². The normalized spacial score (nSPS) is 18.1. The van der Waals surface area contributed by atoms with Crippen LogP contribution in [-0.2, 0) is 6.54 Å². The van der Waals surface area contributed by atoms with Gasteiger partial charge in [0.05, 0.1) is 18.3 Å². The molecular formula is C16H20N4O. The van der Waals surface area contributed by atoms with Crippen LogP contribution in [0.1, 0.15) is 28.8 Å².